The predicted molar refractivity (Wildman–Crippen MR) is 102 cm³/mol. The molecule has 0 amide bonds. The minimum Gasteiger partial charge on any atom is -0.340 e. The standard InChI is InChI=1S/C17H20BrN7/c1-11-12(2)16-19-14(21-25(16)10-13(11)18)6-7-15-20-17(22-23(15)3)24-8-4-5-9-24/h6-7,10H,4-5,8-9H2,1-3H3/b7-6+. The van der Waals surface area contributed by atoms with Gasteiger partial charge in [0.15, 0.2) is 17.3 Å². The summed E-state index contributed by atoms with van der Waals surface area (Å²) >= 11 is 3.56. The smallest absolute Gasteiger partial charge is 0.245 e. The Morgan fingerprint density at radius 1 is 1.04 bits per heavy atom. The van der Waals surface area contributed by atoms with Crippen LogP contribution in [0.15, 0.2) is 10.7 Å². The van der Waals surface area contributed by atoms with Gasteiger partial charge in [0, 0.05) is 30.8 Å². The molecule has 0 N–H and O–H groups in total. The van der Waals surface area contributed by atoms with Gasteiger partial charge in [-0.05, 0) is 65.9 Å². The van der Waals surface area contributed by atoms with Gasteiger partial charge in [-0.1, -0.05) is 0 Å². The van der Waals surface area contributed by atoms with E-state index in [0.717, 1.165) is 40.5 Å². The maximum Gasteiger partial charge on any atom is 0.245 e. The molecule has 0 aliphatic carbocycles. The summed E-state index contributed by atoms with van der Waals surface area (Å²) in [5.41, 5.74) is 3.17. The van der Waals surface area contributed by atoms with Gasteiger partial charge in [0.25, 0.3) is 0 Å². The minimum atomic E-state index is 0.659. The van der Waals surface area contributed by atoms with Gasteiger partial charge in [-0.25, -0.2) is 14.2 Å². The molecule has 130 valence electrons. The monoisotopic (exact) mass is 401 g/mol. The molecule has 4 heterocycles. The molecule has 4 rings (SSSR count). The summed E-state index contributed by atoms with van der Waals surface area (Å²) < 4.78 is 4.63. The Kier molecular flexibility index (Phi) is 4.07. The zero-order valence-electron chi connectivity index (χ0n) is 14.6. The third-order valence-electron chi connectivity index (χ3n) is 4.70. The van der Waals surface area contributed by atoms with Gasteiger partial charge in [-0.15, -0.1) is 10.2 Å². The number of aryl methyl sites for hydroxylation is 2. The number of hydrogen-bond acceptors (Lipinski definition) is 5. The van der Waals surface area contributed by atoms with Crippen LogP contribution in [0.2, 0.25) is 0 Å². The van der Waals surface area contributed by atoms with E-state index in [9.17, 15) is 0 Å². The topological polar surface area (TPSA) is 64.1 Å². The van der Waals surface area contributed by atoms with E-state index in [4.69, 9.17) is 0 Å². The molecule has 0 spiro atoms. The number of halogens is 1. The Balaban J connectivity index is 1.63. The van der Waals surface area contributed by atoms with E-state index in [1.807, 2.05) is 25.4 Å². The van der Waals surface area contributed by atoms with Crippen molar-refractivity contribution < 1.29 is 0 Å². The Labute approximate surface area is 154 Å². The molecule has 0 unspecified atom stereocenters. The zero-order valence-corrected chi connectivity index (χ0v) is 16.2. The molecule has 0 bridgehead atoms. The third kappa shape index (κ3) is 2.95. The minimum absolute atomic E-state index is 0.659. The van der Waals surface area contributed by atoms with E-state index in [-0.39, 0.29) is 0 Å². The van der Waals surface area contributed by atoms with Crippen molar-refractivity contribution in [1.82, 2.24) is 29.4 Å². The fourth-order valence-corrected chi connectivity index (χ4v) is 3.53. The van der Waals surface area contributed by atoms with Crippen molar-refractivity contribution in [3.8, 4) is 0 Å². The van der Waals surface area contributed by atoms with Crippen molar-refractivity contribution in [3.05, 3.63) is 33.4 Å². The molecule has 1 saturated heterocycles. The highest BCUT2D eigenvalue weighted by molar-refractivity contribution is 9.10. The molecule has 3 aromatic rings. The second kappa shape index (κ2) is 6.25. The number of rotatable bonds is 3. The van der Waals surface area contributed by atoms with Crippen LogP contribution in [0.1, 0.15) is 35.6 Å². The Bertz CT molecular complexity index is 963. The third-order valence-corrected chi connectivity index (χ3v) is 5.49. The quantitative estimate of drug-likeness (QED) is 0.674. The SMILES string of the molecule is Cc1c(Br)cn2nc(/C=C/c3nc(N4CCCC4)nn3C)nc2c1C. The van der Waals surface area contributed by atoms with Gasteiger partial charge in [-0.3, -0.25) is 0 Å². The van der Waals surface area contributed by atoms with Crippen LogP contribution in [0.25, 0.3) is 17.8 Å². The Morgan fingerprint density at radius 2 is 1.80 bits per heavy atom. The summed E-state index contributed by atoms with van der Waals surface area (Å²) in [7, 11) is 1.91. The van der Waals surface area contributed by atoms with Gasteiger partial charge >= 0.3 is 0 Å². The maximum absolute atomic E-state index is 4.63. The summed E-state index contributed by atoms with van der Waals surface area (Å²) in [5.74, 6) is 2.26. The molecule has 0 aromatic carbocycles. The number of aromatic nitrogens is 6. The first kappa shape index (κ1) is 16.3. The normalized spacial score (nSPS) is 15.1. The fourth-order valence-electron chi connectivity index (χ4n) is 3.04. The van der Waals surface area contributed by atoms with Crippen LogP contribution in [-0.4, -0.2) is 42.5 Å². The number of pyridine rings is 1. The van der Waals surface area contributed by atoms with Crippen molar-refractivity contribution in [2.24, 2.45) is 7.05 Å². The van der Waals surface area contributed by atoms with Crippen LogP contribution in [0.3, 0.4) is 0 Å². The molecule has 1 aliphatic heterocycles. The summed E-state index contributed by atoms with van der Waals surface area (Å²) in [6, 6.07) is 0. The summed E-state index contributed by atoms with van der Waals surface area (Å²) in [6.07, 6.45) is 8.16. The largest absolute Gasteiger partial charge is 0.340 e. The number of fused-ring (bicyclic) bond motifs is 1. The highest BCUT2D eigenvalue weighted by atomic mass is 79.9. The van der Waals surface area contributed by atoms with Crippen molar-refractivity contribution in [3.63, 3.8) is 0 Å². The molecule has 1 aliphatic rings. The first-order valence-electron chi connectivity index (χ1n) is 8.39. The van der Waals surface area contributed by atoms with E-state index in [1.54, 1.807) is 9.20 Å². The second-order valence-corrected chi connectivity index (χ2v) is 7.24. The van der Waals surface area contributed by atoms with Crippen molar-refractivity contribution >= 4 is 39.7 Å². The molecular formula is C17H20BrN7. The zero-order chi connectivity index (χ0) is 17.6. The van der Waals surface area contributed by atoms with Crippen LogP contribution in [0, 0.1) is 13.8 Å². The second-order valence-electron chi connectivity index (χ2n) is 6.39. The van der Waals surface area contributed by atoms with E-state index in [0.29, 0.717) is 5.82 Å². The van der Waals surface area contributed by atoms with Crippen LogP contribution in [0.5, 0.6) is 0 Å². The lowest BCUT2D eigenvalue weighted by atomic mass is 10.2. The fraction of sp³-hybridized carbons (Fsp3) is 0.412. The molecule has 1 fully saturated rings. The van der Waals surface area contributed by atoms with Crippen LogP contribution in [0.4, 0.5) is 5.95 Å². The van der Waals surface area contributed by atoms with Gasteiger partial charge in [-0.2, -0.15) is 4.98 Å². The summed E-state index contributed by atoms with van der Waals surface area (Å²) in [6.45, 7) is 6.20. The van der Waals surface area contributed by atoms with E-state index < -0.39 is 0 Å². The van der Waals surface area contributed by atoms with E-state index in [1.165, 1.54) is 18.4 Å². The first-order chi connectivity index (χ1) is 12.0. The first-order valence-corrected chi connectivity index (χ1v) is 9.18. The molecule has 25 heavy (non-hydrogen) atoms. The molecule has 0 saturated carbocycles. The maximum atomic E-state index is 4.63. The molecule has 8 heteroatoms. The number of nitrogens with zero attached hydrogens (tertiary/aromatic N) is 7. The Morgan fingerprint density at radius 3 is 2.56 bits per heavy atom. The lowest BCUT2D eigenvalue weighted by Gasteiger charge is -2.10. The van der Waals surface area contributed by atoms with Crippen molar-refractivity contribution in [1.29, 1.82) is 0 Å². The van der Waals surface area contributed by atoms with E-state index >= 15 is 0 Å². The highest BCUT2D eigenvalue weighted by Gasteiger charge is 2.17. The summed E-state index contributed by atoms with van der Waals surface area (Å²) in [5, 5.41) is 9.04. The van der Waals surface area contributed by atoms with Gasteiger partial charge in [0.05, 0.1) is 0 Å². The van der Waals surface area contributed by atoms with Crippen molar-refractivity contribution in [2.75, 3.05) is 18.0 Å². The average Bonchev–Trinajstić information content (AvgIpc) is 3.30. The Hall–Kier alpha value is -2.22. The van der Waals surface area contributed by atoms with Crippen LogP contribution in [-0.2, 0) is 7.05 Å². The predicted octanol–water partition coefficient (Wildman–Crippen LogP) is 3.01. The summed E-state index contributed by atoms with van der Waals surface area (Å²) in [4.78, 5) is 11.5. The molecule has 0 radical (unpaired) electrons. The van der Waals surface area contributed by atoms with Gasteiger partial charge < -0.3 is 4.90 Å². The van der Waals surface area contributed by atoms with Crippen molar-refractivity contribution in [2.45, 2.75) is 26.7 Å². The van der Waals surface area contributed by atoms with Crippen LogP contribution < -0.4 is 4.90 Å². The van der Waals surface area contributed by atoms with Gasteiger partial charge in [0.2, 0.25) is 5.95 Å². The van der Waals surface area contributed by atoms with Gasteiger partial charge in [0.1, 0.15) is 0 Å². The molecule has 7 nitrogen and oxygen atoms in total. The lowest BCUT2D eigenvalue weighted by molar-refractivity contribution is 0.747. The number of hydrogen-bond donors (Lipinski definition) is 0. The number of anilines is 1. The van der Waals surface area contributed by atoms with Crippen LogP contribution >= 0.6 is 15.9 Å². The molecule has 0 atom stereocenters. The van der Waals surface area contributed by atoms with E-state index in [2.05, 4.69) is 54.8 Å². The molecule has 3 aromatic heterocycles. The average molecular weight is 402 g/mol. The highest BCUT2D eigenvalue weighted by Crippen LogP contribution is 2.22. The lowest BCUT2D eigenvalue weighted by Crippen LogP contribution is -2.19. The molecular weight excluding hydrogens is 382 g/mol.